The Bertz CT molecular complexity index is 2420. The number of nitrogens with two attached hydrogens (primary N) is 1. The summed E-state index contributed by atoms with van der Waals surface area (Å²) in [5, 5.41) is 0. The molecular formula is C53H65N4O7PSi. The van der Waals surface area contributed by atoms with Crippen molar-refractivity contribution in [2.75, 3.05) is 32.7 Å². The molecule has 1 aromatic heterocycles. The van der Waals surface area contributed by atoms with Crippen LogP contribution < -0.4 is 20.9 Å². The third-order valence-electron chi connectivity index (χ3n) is 12.4. The van der Waals surface area contributed by atoms with Crippen molar-refractivity contribution in [1.29, 1.82) is 0 Å². The second kappa shape index (κ2) is 22.4. The Morgan fingerprint density at radius 3 is 1.80 bits per heavy atom. The molecule has 6 aromatic rings. The molecule has 0 spiro atoms. The fourth-order valence-corrected chi connectivity index (χ4v) is 14.7. The molecule has 7 rings (SSSR count). The van der Waals surface area contributed by atoms with Gasteiger partial charge >= 0.3 is 394 Å². The Morgan fingerprint density at radius 2 is 1.30 bits per heavy atom. The molecule has 3 N–H and O–H groups in total. The molecule has 0 radical (unpaired) electrons. The molecule has 1 aliphatic rings. The van der Waals surface area contributed by atoms with Crippen molar-refractivity contribution in [1.82, 2.24) is 14.2 Å². The van der Waals surface area contributed by atoms with Gasteiger partial charge in [-0.2, -0.15) is 0 Å². The number of aromatic nitrogens is 2. The molecule has 11 nitrogen and oxygen atoms in total. The van der Waals surface area contributed by atoms with Crippen LogP contribution in [0.2, 0.25) is 6.04 Å². The van der Waals surface area contributed by atoms with Gasteiger partial charge in [0, 0.05) is 0 Å². The molecule has 66 heavy (non-hydrogen) atoms. The third kappa shape index (κ3) is 11.2. The van der Waals surface area contributed by atoms with Gasteiger partial charge < -0.3 is 0 Å². The predicted molar refractivity (Wildman–Crippen MR) is 269 cm³/mol. The van der Waals surface area contributed by atoms with Crippen LogP contribution in [-0.4, -0.2) is 79.9 Å². The minimum atomic E-state index is -3.78. The zero-order valence-corrected chi connectivity index (χ0v) is 41.3. The molecule has 0 bridgehead atoms. The molecule has 13 heteroatoms. The van der Waals surface area contributed by atoms with E-state index in [2.05, 4.69) is 110 Å². The van der Waals surface area contributed by atoms with Crippen LogP contribution in [0.25, 0.3) is 0 Å². The van der Waals surface area contributed by atoms with E-state index in [1.807, 2.05) is 78.9 Å². The zero-order chi connectivity index (χ0) is 46.7. The van der Waals surface area contributed by atoms with Gasteiger partial charge in [-0.3, -0.25) is 0 Å². The number of hydrogen-bond donors (Lipinski definition) is 2. The Balaban J connectivity index is 1.24. The van der Waals surface area contributed by atoms with Crippen molar-refractivity contribution in [2.24, 2.45) is 0 Å². The Morgan fingerprint density at radius 1 is 0.788 bits per heavy atom. The van der Waals surface area contributed by atoms with Crippen LogP contribution in [0.3, 0.4) is 0 Å². The van der Waals surface area contributed by atoms with E-state index in [0.29, 0.717) is 23.2 Å². The first-order chi connectivity index (χ1) is 31.9. The number of nitrogens with zero attached hydrogens (tertiary/aromatic N) is 3. The zero-order valence-electron chi connectivity index (χ0n) is 38.9. The maximum atomic E-state index is 13.4. The van der Waals surface area contributed by atoms with Crippen molar-refractivity contribution in [2.45, 2.75) is 81.8 Å². The topological polar surface area (TPSA) is 131 Å². The molecule has 1 saturated heterocycles. The van der Waals surface area contributed by atoms with Crippen LogP contribution in [0.4, 0.5) is 5.82 Å². The summed E-state index contributed by atoms with van der Waals surface area (Å²) < 4.78 is 36.1. The summed E-state index contributed by atoms with van der Waals surface area (Å²) in [5.74, 6) is 1.54. The number of allylic oxidation sites excluding steroid dienone is 2. The summed E-state index contributed by atoms with van der Waals surface area (Å²) in [5.41, 5.74) is 9.88. The molecule has 1 aliphatic heterocycles. The summed E-state index contributed by atoms with van der Waals surface area (Å²) in [4.78, 5) is 30.5. The van der Waals surface area contributed by atoms with Gasteiger partial charge in [0.15, 0.2) is 0 Å². The Kier molecular flexibility index (Phi) is 16.4. The summed E-state index contributed by atoms with van der Waals surface area (Å²) in [7, 11) is -1.15. The minimum absolute atomic E-state index is 0.0287. The first kappa shape index (κ1) is 48.5. The maximum absolute atomic E-state index is 13.4. The molecule has 348 valence electrons. The van der Waals surface area contributed by atoms with E-state index in [0.717, 1.165) is 22.7 Å². The van der Waals surface area contributed by atoms with Gasteiger partial charge in [-0.1, -0.05) is 0 Å². The first-order valence-electron chi connectivity index (χ1n) is 22.9. The number of methoxy groups -OCH3 is 2. The van der Waals surface area contributed by atoms with Gasteiger partial charge in [-0.05, 0) is 0 Å². The van der Waals surface area contributed by atoms with Crippen LogP contribution in [0, 0.1) is 0 Å². The quantitative estimate of drug-likeness (QED) is 0.0312. The van der Waals surface area contributed by atoms with Gasteiger partial charge in [0.25, 0.3) is 0 Å². The van der Waals surface area contributed by atoms with E-state index in [9.17, 15) is 9.69 Å². The van der Waals surface area contributed by atoms with E-state index in [1.165, 1.54) is 15.7 Å². The summed E-state index contributed by atoms with van der Waals surface area (Å²) in [6.45, 7) is 8.40. The number of hydrogen-bond acceptors (Lipinski definition) is 10. The molecule has 5 aromatic carbocycles. The molecule has 0 amide bonds. The van der Waals surface area contributed by atoms with Crippen LogP contribution in [-0.2, 0) is 19.6 Å². The van der Waals surface area contributed by atoms with Gasteiger partial charge in [0.05, 0.1) is 0 Å². The van der Waals surface area contributed by atoms with E-state index < -0.39 is 47.1 Å². The number of nitrogen functional groups attached to an aromatic ring is 1. The van der Waals surface area contributed by atoms with E-state index in [1.54, 1.807) is 26.5 Å². The number of benzene rings is 5. The molecule has 3 atom stereocenters. The second-order valence-electron chi connectivity index (χ2n) is 17.3. The third-order valence-corrected chi connectivity index (χ3v) is 17.9. The molecule has 0 unspecified atom stereocenters. The normalized spacial score (nSPS) is 17.2. The van der Waals surface area contributed by atoms with Gasteiger partial charge in [0.2, 0.25) is 0 Å². The monoisotopic (exact) mass is 928 g/mol. The number of ether oxygens (including phenoxy) is 4. The SMILES string of the molecule is COc1ccc(C(OC[C@H]2O[C@@H](n3ccc(N)nc3=O)C[C@@H]2O[PH](O)(CC=CC[SiH2]C(c2ccccc2)c2ccccc2)N(C(C)C)C(C)C)(c2ccccc2)c2ccc(OC)cc2)cc1. The van der Waals surface area contributed by atoms with Crippen LogP contribution in [0.5, 0.6) is 11.5 Å². The molecule has 0 saturated carbocycles. The fourth-order valence-electron chi connectivity index (χ4n) is 9.45. The summed E-state index contributed by atoms with van der Waals surface area (Å²) in [6, 6.07) is 49.7. The Hall–Kier alpha value is -5.43. The van der Waals surface area contributed by atoms with E-state index in [-0.39, 0.29) is 30.9 Å². The van der Waals surface area contributed by atoms with Crippen molar-refractivity contribution in [3.05, 3.63) is 202 Å². The van der Waals surface area contributed by atoms with Crippen LogP contribution in [0.15, 0.2) is 169 Å². The van der Waals surface area contributed by atoms with Gasteiger partial charge in [0.1, 0.15) is 0 Å². The average molecular weight is 929 g/mol. The van der Waals surface area contributed by atoms with E-state index >= 15 is 0 Å². The van der Waals surface area contributed by atoms with Crippen LogP contribution in [0.1, 0.15) is 73.7 Å². The van der Waals surface area contributed by atoms with Gasteiger partial charge in [-0.15, -0.1) is 0 Å². The summed E-state index contributed by atoms with van der Waals surface area (Å²) in [6.07, 6.45) is 4.37. The van der Waals surface area contributed by atoms with E-state index in [4.69, 9.17) is 29.2 Å². The van der Waals surface area contributed by atoms with Crippen LogP contribution >= 0.6 is 7.87 Å². The predicted octanol–water partition coefficient (Wildman–Crippen LogP) is 9.06. The number of rotatable bonds is 21. The molecule has 0 aliphatic carbocycles. The van der Waals surface area contributed by atoms with Crippen molar-refractivity contribution in [3.63, 3.8) is 0 Å². The molecular weight excluding hydrogens is 864 g/mol. The van der Waals surface area contributed by atoms with Crippen molar-refractivity contribution < 1.29 is 28.4 Å². The number of anilines is 1. The van der Waals surface area contributed by atoms with Crippen molar-refractivity contribution >= 4 is 23.2 Å². The van der Waals surface area contributed by atoms with Crippen molar-refractivity contribution in [3.8, 4) is 11.5 Å². The molecule has 2 heterocycles. The van der Waals surface area contributed by atoms with Gasteiger partial charge in [-0.25, -0.2) is 0 Å². The average Bonchev–Trinajstić information content (AvgIpc) is 3.72. The second-order valence-corrected chi connectivity index (χ2v) is 22.0. The first-order valence-corrected chi connectivity index (χ1v) is 26.7. The standard InChI is InChI=1S/C53H65N4O7PSi/c1-38(2)57(39(3)4)65(59,34-16-17-35-66-51(40-18-10-7-11-19-40)41-20-12-8-13-21-41)64-47-36-50(56-33-32-49(54)55-52(56)58)63-48(47)37-62-53(42-22-14-9-15-23-42,43-24-28-45(60-5)29-25-43)44-26-30-46(61-6)31-27-44/h7-33,38-39,47-48,50-51,59,65H,34-37,66H2,1-6H3,(H2,54,55,58)/t47-,48+,50+/m0/s1. The Labute approximate surface area is 392 Å². The molecule has 1 fully saturated rings. The summed E-state index contributed by atoms with van der Waals surface area (Å²) >= 11 is 0. The fraction of sp³-hybridized carbons (Fsp3) is 0.321.